The molecule has 1 aromatic carbocycles. The molecule has 0 aliphatic carbocycles. The summed E-state index contributed by atoms with van der Waals surface area (Å²) < 4.78 is 4.71. The number of hydrogen-bond acceptors (Lipinski definition) is 4. The molecular weight excluding hydrogens is 290 g/mol. The Morgan fingerprint density at radius 1 is 1.26 bits per heavy atom. The summed E-state index contributed by atoms with van der Waals surface area (Å²) in [6.07, 6.45) is 5.44. The predicted octanol–water partition coefficient (Wildman–Crippen LogP) is 3.11. The van der Waals surface area contributed by atoms with Crippen molar-refractivity contribution in [2.45, 2.75) is 38.7 Å². The third kappa shape index (κ3) is 5.81. The van der Waals surface area contributed by atoms with Crippen LogP contribution in [0.3, 0.4) is 0 Å². The summed E-state index contributed by atoms with van der Waals surface area (Å²) in [6.45, 7) is 6.45. The molecule has 1 fully saturated rings. The molecule has 23 heavy (non-hydrogen) atoms. The van der Waals surface area contributed by atoms with Crippen LogP contribution in [-0.4, -0.2) is 48.3 Å². The van der Waals surface area contributed by atoms with E-state index in [0.717, 1.165) is 37.9 Å². The zero-order valence-corrected chi connectivity index (χ0v) is 14.3. The van der Waals surface area contributed by atoms with Gasteiger partial charge in [-0.25, -0.2) is 4.79 Å². The fourth-order valence-corrected chi connectivity index (χ4v) is 2.99. The molecule has 1 heterocycles. The van der Waals surface area contributed by atoms with E-state index < -0.39 is 5.60 Å². The molecule has 0 aromatic heterocycles. The molecule has 4 nitrogen and oxygen atoms in total. The first-order chi connectivity index (χ1) is 10.9. The predicted molar refractivity (Wildman–Crippen MR) is 92.3 cm³/mol. The summed E-state index contributed by atoms with van der Waals surface area (Å²) in [5, 5.41) is 9.96. The van der Waals surface area contributed by atoms with Crippen LogP contribution in [0.25, 0.3) is 6.08 Å². The highest BCUT2D eigenvalue weighted by Gasteiger charge is 2.20. The van der Waals surface area contributed by atoms with Crippen LogP contribution in [0.5, 0.6) is 0 Å². The fourth-order valence-electron chi connectivity index (χ4n) is 2.99. The van der Waals surface area contributed by atoms with E-state index in [4.69, 9.17) is 4.74 Å². The zero-order chi connectivity index (χ0) is 16.9. The van der Waals surface area contributed by atoms with Crippen molar-refractivity contribution in [1.29, 1.82) is 0 Å². The summed E-state index contributed by atoms with van der Waals surface area (Å²) in [6, 6.07) is 7.52. The largest absolute Gasteiger partial charge is 0.465 e. The van der Waals surface area contributed by atoms with Gasteiger partial charge in [-0.1, -0.05) is 23.8 Å². The minimum absolute atomic E-state index is 0.305. The maximum absolute atomic E-state index is 11.4. The topological polar surface area (TPSA) is 49.8 Å². The number of likely N-dealkylation sites (tertiary alicyclic amines) is 1. The molecule has 0 unspecified atom stereocenters. The van der Waals surface area contributed by atoms with Gasteiger partial charge in [0.2, 0.25) is 0 Å². The van der Waals surface area contributed by atoms with Gasteiger partial charge in [0, 0.05) is 13.1 Å². The van der Waals surface area contributed by atoms with E-state index in [1.165, 1.54) is 12.7 Å². The molecule has 1 saturated heterocycles. The Morgan fingerprint density at radius 2 is 1.96 bits per heavy atom. The minimum Gasteiger partial charge on any atom is -0.465 e. The highest BCUT2D eigenvalue weighted by molar-refractivity contribution is 5.89. The van der Waals surface area contributed by atoms with Gasteiger partial charge in [-0.05, 0) is 57.4 Å². The number of aliphatic hydroxyl groups is 1. The molecule has 0 spiro atoms. The van der Waals surface area contributed by atoms with Crippen LogP contribution in [-0.2, 0) is 4.74 Å². The van der Waals surface area contributed by atoms with Crippen LogP contribution in [0.1, 0.15) is 49.0 Å². The normalized spacial score (nSPS) is 18.7. The first kappa shape index (κ1) is 17.7. The summed E-state index contributed by atoms with van der Waals surface area (Å²) in [5.74, 6) is -0.305. The smallest absolute Gasteiger partial charge is 0.337 e. The molecule has 0 saturated carbocycles. The van der Waals surface area contributed by atoms with Gasteiger partial charge in [0.25, 0.3) is 0 Å². The van der Waals surface area contributed by atoms with E-state index in [9.17, 15) is 9.90 Å². The number of methoxy groups -OCH3 is 1. The Bertz CT molecular complexity index is 555. The van der Waals surface area contributed by atoms with Gasteiger partial charge in [-0.15, -0.1) is 0 Å². The van der Waals surface area contributed by atoms with Crippen LogP contribution in [0, 0.1) is 0 Å². The summed E-state index contributed by atoms with van der Waals surface area (Å²) in [4.78, 5) is 13.8. The highest BCUT2D eigenvalue weighted by Crippen LogP contribution is 2.21. The van der Waals surface area contributed by atoms with E-state index in [-0.39, 0.29) is 5.97 Å². The molecule has 2 rings (SSSR count). The standard InChI is InChI=1S/C19H27NO3/c1-19(2,22)14-20-11-4-5-15(10-12-20)13-16-6-8-17(9-7-16)18(21)23-3/h6-9,13,22H,4-5,10-12,14H2,1-3H3/b15-13+. The molecule has 126 valence electrons. The van der Waals surface area contributed by atoms with Gasteiger partial charge < -0.3 is 14.7 Å². The third-order valence-corrected chi connectivity index (χ3v) is 4.03. The first-order valence-corrected chi connectivity index (χ1v) is 8.20. The highest BCUT2D eigenvalue weighted by atomic mass is 16.5. The Hall–Kier alpha value is -1.65. The Labute approximate surface area is 138 Å². The zero-order valence-electron chi connectivity index (χ0n) is 14.3. The van der Waals surface area contributed by atoms with Crippen LogP contribution in [0.4, 0.5) is 0 Å². The maximum Gasteiger partial charge on any atom is 0.337 e. The number of hydrogen-bond donors (Lipinski definition) is 1. The van der Waals surface area contributed by atoms with Crippen molar-refractivity contribution in [3.05, 3.63) is 41.0 Å². The van der Waals surface area contributed by atoms with Crippen molar-refractivity contribution in [3.8, 4) is 0 Å². The number of esters is 1. The lowest BCUT2D eigenvalue weighted by atomic mass is 10.0. The van der Waals surface area contributed by atoms with Crippen molar-refractivity contribution < 1.29 is 14.6 Å². The van der Waals surface area contributed by atoms with Crippen molar-refractivity contribution >= 4 is 12.0 Å². The second-order valence-electron chi connectivity index (χ2n) is 6.86. The van der Waals surface area contributed by atoms with Crippen molar-refractivity contribution in [3.63, 3.8) is 0 Å². The first-order valence-electron chi connectivity index (χ1n) is 8.20. The van der Waals surface area contributed by atoms with E-state index in [1.807, 2.05) is 26.0 Å². The molecule has 0 radical (unpaired) electrons. The number of rotatable bonds is 4. The number of nitrogens with zero attached hydrogens (tertiary/aromatic N) is 1. The number of carbonyl (C=O) groups is 1. The Kier molecular flexibility index (Phi) is 5.97. The lowest BCUT2D eigenvalue weighted by Crippen LogP contribution is -2.39. The number of β-amino-alcohol motifs (C(OH)–C–C–N with tert-alkyl or cyclic N) is 1. The molecule has 0 atom stereocenters. The van der Waals surface area contributed by atoms with Gasteiger partial charge in [0.15, 0.2) is 0 Å². The lowest BCUT2D eigenvalue weighted by molar-refractivity contribution is 0.0376. The van der Waals surface area contributed by atoms with Crippen LogP contribution in [0.2, 0.25) is 0 Å². The summed E-state index contributed by atoms with van der Waals surface area (Å²) >= 11 is 0. The SMILES string of the molecule is COC(=O)c1ccc(/C=C2\CCCN(CC(C)(C)O)CC2)cc1. The average Bonchev–Trinajstić information content (AvgIpc) is 2.71. The molecular formula is C19H27NO3. The van der Waals surface area contributed by atoms with Crippen LogP contribution < -0.4 is 0 Å². The van der Waals surface area contributed by atoms with Crippen LogP contribution >= 0.6 is 0 Å². The quantitative estimate of drug-likeness (QED) is 0.867. The molecule has 1 aliphatic rings. The fraction of sp³-hybridized carbons (Fsp3) is 0.526. The monoisotopic (exact) mass is 317 g/mol. The summed E-state index contributed by atoms with van der Waals surface area (Å²) in [5.41, 5.74) is 2.47. The maximum atomic E-state index is 11.4. The molecule has 4 heteroatoms. The Morgan fingerprint density at radius 3 is 2.57 bits per heavy atom. The van der Waals surface area contributed by atoms with E-state index in [2.05, 4.69) is 11.0 Å². The van der Waals surface area contributed by atoms with Crippen molar-refractivity contribution in [2.75, 3.05) is 26.7 Å². The van der Waals surface area contributed by atoms with Gasteiger partial charge >= 0.3 is 5.97 Å². The molecule has 1 aliphatic heterocycles. The van der Waals surface area contributed by atoms with Crippen LogP contribution in [0.15, 0.2) is 29.8 Å². The third-order valence-electron chi connectivity index (χ3n) is 4.03. The molecule has 1 aromatic rings. The summed E-state index contributed by atoms with van der Waals surface area (Å²) in [7, 11) is 1.39. The van der Waals surface area contributed by atoms with Gasteiger partial charge in [-0.2, -0.15) is 0 Å². The molecule has 0 bridgehead atoms. The van der Waals surface area contributed by atoms with E-state index >= 15 is 0 Å². The van der Waals surface area contributed by atoms with Gasteiger partial charge in [-0.3, -0.25) is 0 Å². The second kappa shape index (κ2) is 7.75. The number of ether oxygens (including phenoxy) is 1. The molecule has 0 amide bonds. The minimum atomic E-state index is -0.641. The van der Waals surface area contributed by atoms with E-state index in [1.54, 1.807) is 12.1 Å². The van der Waals surface area contributed by atoms with Crippen molar-refractivity contribution in [1.82, 2.24) is 4.90 Å². The second-order valence-corrected chi connectivity index (χ2v) is 6.86. The van der Waals surface area contributed by atoms with Gasteiger partial charge in [0.1, 0.15) is 0 Å². The average molecular weight is 317 g/mol. The van der Waals surface area contributed by atoms with Crippen molar-refractivity contribution in [2.24, 2.45) is 0 Å². The molecule has 1 N–H and O–H groups in total. The van der Waals surface area contributed by atoms with Gasteiger partial charge in [0.05, 0.1) is 18.3 Å². The Balaban J connectivity index is 1.99. The number of carbonyl (C=O) groups excluding carboxylic acids is 1. The number of benzene rings is 1. The van der Waals surface area contributed by atoms with E-state index in [0.29, 0.717) is 12.1 Å². The lowest BCUT2D eigenvalue weighted by Gasteiger charge is -2.27.